The summed E-state index contributed by atoms with van der Waals surface area (Å²) >= 11 is 0. The number of nitrogens with two attached hydrogens (primary N) is 1. The van der Waals surface area contributed by atoms with Gasteiger partial charge in [-0.3, -0.25) is 5.32 Å². The van der Waals surface area contributed by atoms with Crippen molar-refractivity contribution < 1.29 is 4.43 Å². The molecule has 0 aromatic rings. The summed E-state index contributed by atoms with van der Waals surface area (Å²) in [6, 6.07) is 0. The molecule has 0 bridgehead atoms. The Hall–Kier alpha value is 0.0969. The van der Waals surface area contributed by atoms with Crippen LogP contribution in [-0.4, -0.2) is 27.6 Å². The van der Waals surface area contributed by atoms with Crippen LogP contribution in [0.3, 0.4) is 0 Å². The summed E-state index contributed by atoms with van der Waals surface area (Å²) in [4.78, 5) is 0. The maximum Gasteiger partial charge on any atom is 0.185 e. The van der Waals surface area contributed by atoms with Crippen molar-refractivity contribution in [2.24, 2.45) is 5.73 Å². The lowest BCUT2D eigenvalue weighted by Gasteiger charge is -2.24. The predicted molar refractivity (Wildman–Crippen MR) is 55.6 cm³/mol. The second-order valence-corrected chi connectivity index (χ2v) is 8.43. The number of nitrogens with one attached hydrogen (secondary N) is 1. The summed E-state index contributed by atoms with van der Waals surface area (Å²) in [6.07, 6.45) is 1.18. The summed E-state index contributed by atoms with van der Waals surface area (Å²) in [6.45, 7) is 10.3. The first-order chi connectivity index (χ1) is 5.45. The monoisotopic (exact) mass is 190 g/mol. The molecule has 74 valence electrons. The van der Waals surface area contributed by atoms with E-state index in [4.69, 9.17) is 10.2 Å². The van der Waals surface area contributed by atoms with Gasteiger partial charge >= 0.3 is 0 Å². The highest BCUT2D eigenvalue weighted by atomic mass is 28.4. The van der Waals surface area contributed by atoms with Gasteiger partial charge in [0.25, 0.3) is 0 Å². The van der Waals surface area contributed by atoms with Crippen LogP contribution in [-0.2, 0) is 4.43 Å². The van der Waals surface area contributed by atoms with Gasteiger partial charge in [0, 0.05) is 0 Å². The minimum absolute atomic E-state index is 0.170. The molecule has 0 radical (unpaired) electrons. The first kappa shape index (κ1) is 12.1. The van der Waals surface area contributed by atoms with Gasteiger partial charge in [-0.15, -0.1) is 0 Å². The molecule has 3 N–H and O–H groups in total. The average Bonchev–Trinajstić information content (AvgIpc) is 1.84. The van der Waals surface area contributed by atoms with Crippen molar-refractivity contribution in [2.45, 2.75) is 39.2 Å². The van der Waals surface area contributed by atoms with Gasteiger partial charge in [0.2, 0.25) is 0 Å². The quantitative estimate of drug-likeness (QED) is 0.375. The summed E-state index contributed by atoms with van der Waals surface area (Å²) in [5.41, 5.74) is 5.37. The van der Waals surface area contributed by atoms with Gasteiger partial charge in [0.1, 0.15) is 0 Å². The minimum Gasteiger partial charge on any atom is -0.403 e. The summed E-state index contributed by atoms with van der Waals surface area (Å²) < 4.78 is 5.77. The molecule has 0 saturated heterocycles. The fraction of sp³-hybridized carbons (Fsp3) is 1.00. The van der Waals surface area contributed by atoms with Gasteiger partial charge in [-0.25, -0.2) is 0 Å². The Labute approximate surface area is 76.8 Å². The second-order valence-electron chi connectivity index (χ2n) is 3.97. The van der Waals surface area contributed by atoms with E-state index in [1.54, 1.807) is 0 Å². The van der Waals surface area contributed by atoms with Gasteiger partial charge in [-0.1, -0.05) is 0 Å². The molecule has 0 spiro atoms. The van der Waals surface area contributed by atoms with E-state index in [-0.39, 0.29) is 6.23 Å². The van der Waals surface area contributed by atoms with Crippen LogP contribution in [0.4, 0.5) is 0 Å². The highest BCUT2D eigenvalue weighted by Crippen LogP contribution is 2.04. The molecule has 4 heteroatoms. The summed E-state index contributed by atoms with van der Waals surface area (Å²) in [5, 5.41) is 3.27. The van der Waals surface area contributed by atoms with E-state index >= 15 is 0 Å². The van der Waals surface area contributed by atoms with E-state index in [1.165, 1.54) is 0 Å². The Morgan fingerprint density at radius 2 is 2.00 bits per heavy atom. The van der Waals surface area contributed by atoms with Gasteiger partial charge in [-0.2, -0.15) is 0 Å². The molecule has 0 aromatic heterocycles. The zero-order valence-corrected chi connectivity index (χ0v) is 9.68. The normalized spacial score (nSPS) is 14.8. The second kappa shape index (κ2) is 5.69. The molecule has 0 aliphatic rings. The smallest absolute Gasteiger partial charge is 0.185 e. The van der Waals surface area contributed by atoms with E-state index in [1.807, 2.05) is 0 Å². The van der Waals surface area contributed by atoms with E-state index < -0.39 is 8.32 Å². The fourth-order valence-corrected chi connectivity index (χ4v) is 2.12. The van der Waals surface area contributed by atoms with E-state index in [2.05, 4.69) is 31.9 Å². The van der Waals surface area contributed by atoms with Crippen LogP contribution in [0.1, 0.15) is 13.3 Å². The summed E-state index contributed by atoms with van der Waals surface area (Å²) in [7, 11) is -1.37. The van der Waals surface area contributed by atoms with Gasteiger partial charge < -0.3 is 10.2 Å². The third-order valence-corrected chi connectivity index (χ3v) is 2.40. The molecular weight excluding hydrogens is 168 g/mol. The Morgan fingerprint density at radius 3 is 2.42 bits per heavy atom. The molecule has 0 fully saturated rings. The molecule has 0 aliphatic carbocycles. The standard InChI is InChI=1S/C8H22N2OSi/c1-8(10-7-5-6-9)11-12(2,3)4/h8,10H,5-7,9H2,1-4H3. The lowest BCUT2D eigenvalue weighted by atomic mass is 10.4. The Bertz CT molecular complexity index is 114. The van der Waals surface area contributed by atoms with Crippen molar-refractivity contribution in [3.05, 3.63) is 0 Å². The van der Waals surface area contributed by atoms with Crippen LogP contribution in [0.5, 0.6) is 0 Å². The minimum atomic E-state index is -1.37. The molecule has 12 heavy (non-hydrogen) atoms. The largest absolute Gasteiger partial charge is 0.403 e. The van der Waals surface area contributed by atoms with Gasteiger partial charge in [0.05, 0.1) is 6.23 Å². The van der Waals surface area contributed by atoms with Crippen LogP contribution in [0.2, 0.25) is 19.6 Å². The van der Waals surface area contributed by atoms with Crippen LogP contribution in [0.15, 0.2) is 0 Å². The molecule has 0 rings (SSSR count). The van der Waals surface area contributed by atoms with Crippen LogP contribution < -0.4 is 11.1 Å². The molecule has 0 aliphatic heterocycles. The lowest BCUT2D eigenvalue weighted by molar-refractivity contribution is 0.175. The zero-order chi connectivity index (χ0) is 9.61. The van der Waals surface area contributed by atoms with Gasteiger partial charge in [-0.05, 0) is 46.1 Å². The first-order valence-corrected chi connectivity index (χ1v) is 7.98. The molecule has 1 atom stereocenters. The van der Waals surface area contributed by atoms with Crippen molar-refractivity contribution in [3.63, 3.8) is 0 Å². The van der Waals surface area contributed by atoms with Crippen LogP contribution >= 0.6 is 0 Å². The van der Waals surface area contributed by atoms with E-state index in [0.717, 1.165) is 19.5 Å². The number of rotatable bonds is 6. The van der Waals surface area contributed by atoms with Crippen molar-refractivity contribution in [1.82, 2.24) is 5.32 Å². The Kier molecular flexibility index (Phi) is 5.74. The zero-order valence-electron chi connectivity index (χ0n) is 8.68. The maximum atomic E-state index is 5.77. The molecule has 0 saturated carbocycles. The highest BCUT2D eigenvalue weighted by molar-refractivity contribution is 6.69. The summed E-state index contributed by atoms with van der Waals surface area (Å²) in [5.74, 6) is 0. The maximum absolute atomic E-state index is 5.77. The molecule has 3 nitrogen and oxygen atoms in total. The Morgan fingerprint density at radius 1 is 1.42 bits per heavy atom. The van der Waals surface area contributed by atoms with Crippen molar-refractivity contribution in [3.8, 4) is 0 Å². The fourth-order valence-electron chi connectivity index (χ4n) is 0.979. The SMILES string of the molecule is CC(NCCCN)O[Si](C)(C)C. The number of hydrogen-bond donors (Lipinski definition) is 2. The van der Waals surface area contributed by atoms with Crippen LogP contribution in [0, 0.1) is 0 Å². The molecule has 0 aromatic carbocycles. The van der Waals surface area contributed by atoms with Crippen LogP contribution in [0.25, 0.3) is 0 Å². The molecule has 1 unspecified atom stereocenters. The lowest BCUT2D eigenvalue weighted by Crippen LogP contribution is -2.39. The van der Waals surface area contributed by atoms with Crippen molar-refractivity contribution in [1.29, 1.82) is 0 Å². The third-order valence-electron chi connectivity index (χ3n) is 1.34. The van der Waals surface area contributed by atoms with Crippen molar-refractivity contribution >= 4 is 8.32 Å². The Balaban J connectivity index is 3.40. The van der Waals surface area contributed by atoms with E-state index in [0.29, 0.717) is 0 Å². The average molecular weight is 190 g/mol. The highest BCUT2D eigenvalue weighted by Gasteiger charge is 2.17. The predicted octanol–water partition coefficient (Wildman–Crippen LogP) is 1.12. The molecular formula is C8H22N2OSi. The van der Waals surface area contributed by atoms with E-state index in [9.17, 15) is 0 Å². The molecule has 0 amide bonds. The molecule has 0 heterocycles. The van der Waals surface area contributed by atoms with Crippen molar-refractivity contribution in [2.75, 3.05) is 13.1 Å². The topological polar surface area (TPSA) is 47.3 Å². The first-order valence-electron chi connectivity index (χ1n) is 4.57. The third kappa shape index (κ3) is 8.20. The van der Waals surface area contributed by atoms with Gasteiger partial charge in [0.15, 0.2) is 8.32 Å². The number of hydrogen-bond acceptors (Lipinski definition) is 3.